The average molecular weight is 377 g/mol. The van der Waals surface area contributed by atoms with E-state index in [1.807, 2.05) is 6.07 Å². The number of nitrogens with zero attached hydrogens (tertiary/aromatic N) is 2. The fourth-order valence-corrected chi connectivity index (χ4v) is 4.22. The monoisotopic (exact) mass is 376 g/mol. The number of ether oxygens (including phenoxy) is 1. The third kappa shape index (κ3) is 2.27. The first-order valence-electron chi connectivity index (χ1n) is 7.49. The van der Waals surface area contributed by atoms with Gasteiger partial charge in [-0.05, 0) is 29.6 Å². The fraction of sp³-hybridized carbons (Fsp3) is 0.353. The van der Waals surface area contributed by atoms with Crippen LogP contribution in [0, 0.1) is 5.92 Å². The van der Waals surface area contributed by atoms with Crippen LogP contribution in [-0.4, -0.2) is 16.9 Å². The molecule has 5 heteroatoms. The first-order chi connectivity index (χ1) is 10.6. The molecule has 2 aliphatic heterocycles. The van der Waals surface area contributed by atoms with Gasteiger partial charge >= 0.3 is 0 Å². The predicted octanol–water partition coefficient (Wildman–Crippen LogP) is 5.04. The minimum Gasteiger partial charge on any atom is -0.468 e. The largest absolute Gasteiger partial charge is 0.468 e. The Morgan fingerprint density at radius 3 is 2.95 bits per heavy atom. The minimum absolute atomic E-state index is 0.00358. The summed E-state index contributed by atoms with van der Waals surface area (Å²) in [7, 11) is 0. The maximum absolute atomic E-state index is 6.23. The molecule has 0 radical (unpaired) electrons. The van der Waals surface area contributed by atoms with Gasteiger partial charge in [-0.25, -0.2) is 5.01 Å². The van der Waals surface area contributed by atoms with Crippen LogP contribution in [-0.2, 0) is 0 Å². The zero-order valence-electron chi connectivity index (χ0n) is 12.5. The number of hydrogen-bond donors (Lipinski definition) is 0. The molecular weight excluding hydrogens is 360 g/mol. The van der Waals surface area contributed by atoms with E-state index < -0.39 is 0 Å². The summed E-state index contributed by atoms with van der Waals surface area (Å²) in [5, 5.41) is 9.17. The Morgan fingerprint density at radius 1 is 1.36 bits per heavy atom. The van der Waals surface area contributed by atoms with Crippen molar-refractivity contribution >= 4 is 33.0 Å². The molecular formula is C17H17BrN2OS. The van der Waals surface area contributed by atoms with Crippen LogP contribution in [0.1, 0.15) is 36.8 Å². The van der Waals surface area contributed by atoms with Crippen molar-refractivity contribution in [2.75, 3.05) is 0 Å². The quantitative estimate of drug-likeness (QED) is 0.733. The number of hydrogen-bond acceptors (Lipinski definition) is 4. The van der Waals surface area contributed by atoms with Gasteiger partial charge in [-0.15, -0.1) is 11.3 Å². The second-order valence-corrected chi connectivity index (χ2v) is 7.92. The van der Waals surface area contributed by atoms with E-state index in [9.17, 15) is 0 Å². The first kappa shape index (κ1) is 14.3. The van der Waals surface area contributed by atoms with Gasteiger partial charge in [0.15, 0.2) is 6.23 Å². The number of thiophene rings is 1. The Balaban J connectivity index is 1.78. The van der Waals surface area contributed by atoms with Gasteiger partial charge in [0.25, 0.3) is 0 Å². The molecule has 22 heavy (non-hydrogen) atoms. The van der Waals surface area contributed by atoms with E-state index in [1.54, 1.807) is 11.3 Å². The highest BCUT2D eigenvalue weighted by atomic mass is 79.9. The molecule has 0 fully saturated rings. The van der Waals surface area contributed by atoms with E-state index in [0.717, 1.165) is 16.6 Å². The summed E-state index contributed by atoms with van der Waals surface area (Å²) in [5.41, 5.74) is 2.39. The molecule has 0 bridgehead atoms. The van der Waals surface area contributed by atoms with Gasteiger partial charge in [-0.2, -0.15) is 5.10 Å². The molecule has 0 saturated carbocycles. The van der Waals surface area contributed by atoms with Crippen LogP contribution in [0.25, 0.3) is 0 Å². The van der Waals surface area contributed by atoms with E-state index in [2.05, 4.69) is 64.4 Å². The highest BCUT2D eigenvalue weighted by Gasteiger charge is 2.41. The fourth-order valence-electron chi connectivity index (χ4n) is 3.12. The maximum atomic E-state index is 6.23. The van der Waals surface area contributed by atoms with Crippen molar-refractivity contribution in [1.29, 1.82) is 0 Å². The molecule has 0 aliphatic carbocycles. The summed E-state index contributed by atoms with van der Waals surface area (Å²) in [4.78, 5) is 1.26. The summed E-state index contributed by atoms with van der Waals surface area (Å²) in [5.74, 6) is 1.37. The third-order valence-electron chi connectivity index (χ3n) is 4.16. The second-order valence-electron chi connectivity index (χ2n) is 6.06. The van der Waals surface area contributed by atoms with Gasteiger partial charge in [0.05, 0.1) is 16.6 Å². The molecule has 4 rings (SSSR count). The van der Waals surface area contributed by atoms with Gasteiger partial charge in [0.2, 0.25) is 0 Å². The molecule has 114 valence electrons. The summed E-state index contributed by atoms with van der Waals surface area (Å²) in [6, 6.07) is 10.8. The van der Waals surface area contributed by atoms with Crippen LogP contribution in [0.3, 0.4) is 0 Å². The van der Waals surface area contributed by atoms with E-state index >= 15 is 0 Å². The molecule has 1 aromatic carbocycles. The number of benzene rings is 1. The number of fused-ring (bicyclic) bond motifs is 3. The molecule has 3 heterocycles. The topological polar surface area (TPSA) is 24.8 Å². The van der Waals surface area contributed by atoms with Crippen molar-refractivity contribution in [2.24, 2.45) is 11.0 Å². The van der Waals surface area contributed by atoms with Gasteiger partial charge in [0, 0.05) is 22.4 Å². The van der Waals surface area contributed by atoms with Crippen LogP contribution in [0.15, 0.2) is 45.3 Å². The first-order valence-corrected chi connectivity index (χ1v) is 9.16. The Labute approximate surface area is 142 Å². The highest BCUT2D eigenvalue weighted by molar-refractivity contribution is 9.10. The van der Waals surface area contributed by atoms with Crippen molar-refractivity contribution in [1.82, 2.24) is 5.01 Å². The van der Waals surface area contributed by atoms with Gasteiger partial charge in [0.1, 0.15) is 5.75 Å². The zero-order chi connectivity index (χ0) is 15.3. The third-order valence-corrected chi connectivity index (χ3v) is 5.57. The molecule has 2 atom stereocenters. The van der Waals surface area contributed by atoms with Gasteiger partial charge < -0.3 is 4.74 Å². The van der Waals surface area contributed by atoms with Crippen molar-refractivity contribution in [3.63, 3.8) is 0 Å². The standard InChI is InChI=1S/C17H17BrN2OS/c1-10(2)17-20-14(9-13(19-20)16-4-3-7-22-16)12-8-11(18)5-6-15(12)21-17/h3-8,10,14,17H,9H2,1-2H3. The van der Waals surface area contributed by atoms with E-state index in [1.165, 1.54) is 16.2 Å². The van der Waals surface area contributed by atoms with Crippen LogP contribution in [0.5, 0.6) is 5.75 Å². The number of hydrazone groups is 1. The summed E-state index contributed by atoms with van der Waals surface area (Å²) in [6.07, 6.45) is 0.937. The molecule has 0 N–H and O–H groups in total. The van der Waals surface area contributed by atoms with Gasteiger partial charge in [-0.3, -0.25) is 0 Å². The minimum atomic E-state index is -0.00358. The van der Waals surface area contributed by atoms with E-state index in [4.69, 9.17) is 9.84 Å². The van der Waals surface area contributed by atoms with Crippen LogP contribution in [0.4, 0.5) is 0 Å². The van der Waals surface area contributed by atoms with Gasteiger partial charge in [-0.1, -0.05) is 35.8 Å². The summed E-state index contributed by atoms with van der Waals surface area (Å²) in [6.45, 7) is 4.37. The summed E-state index contributed by atoms with van der Waals surface area (Å²) < 4.78 is 7.31. The lowest BCUT2D eigenvalue weighted by Crippen LogP contribution is -2.43. The lowest BCUT2D eigenvalue weighted by atomic mass is 9.97. The molecule has 0 spiro atoms. The molecule has 1 aromatic heterocycles. The van der Waals surface area contributed by atoms with Crippen molar-refractivity contribution < 1.29 is 4.74 Å². The molecule has 3 nitrogen and oxygen atoms in total. The van der Waals surface area contributed by atoms with Crippen molar-refractivity contribution in [3.8, 4) is 5.75 Å². The molecule has 2 unspecified atom stereocenters. The number of rotatable bonds is 2. The van der Waals surface area contributed by atoms with Crippen LogP contribution < -0.4 is 4.74 Å². The SMILES string of the molecule is CC(C)C1Oc2ccc(Br)cc2C2CC(c3cccs3)=NN21. The molecule has 2 aliphatic rings. The maximum Gasteiger partial charge on any atom is 0.190 e. The highest BCUT2D eigenvalue weighted by Crippen LogP contribution is 2.45. The normalized spacial score (nSPS) is 23.1. The lowest BCUT2D eigenvalue weighted by molar-refractivity contribution is -0.0461. The van der Waals surface area contributed by atoms with E-state index in [0.29, 0.717) is 5.92 Å². The molecule has 2 aromatic rings. The Morgan fingerprint density at radius 2 is 2.23 bits per heavy atom. The zero-order valence-corrected chi connectivity index (χ0v) is 14.9. The van der Waals surface area contributed by atoms with Crippen LogP contribution >= 0.6 is 27.3 Å². The summed E-state index contributed by atoms with van der Waals surface area (Å²) >= 11 is 5.33. The Bertz CT molecular complexity index is 726. The molecule has 0 amide bonds. The van der Waals surface area contributed by atoms with E-state index in [-0.39, 0.29) is 12.3 Å². The average Bonchev–Trinajstić information content (AvgIpc) is 3.15. The smallest absolute Gasteiger partial charge is 0.190 e. The molecule has 0 saturated heterocycles. The predicted molar refractivity (Wildman–Crippen MR) is 93.4 cm³/mol. The second kappa shape index (κ2) is 5.39. The Kier molecular flexibility index (Phi) is 3.50. The van der Waals surface area contributed by atoms with Crippen molar-refractivity contribution in [3.05, 3.63) is 50.6 Å². The van der Waals surface area contributed by atoms with Crippen molar-refractivity contribution in [2.45, 2.75) is 32.5 Å². The number of halogens is 1. The lowest BCUT2D eigenvalue weighted by Gasteiger charge is -2.40. The Hall–Kier alpha value is -1.33. The van der Waals surface area contributed by atoms with Crippen LogP contribution in [0.2, 0.25) is 0 Å².